The van der Waals surface area contributed by atoms with Crippen molar-refractivity contribution in [3.63, 3.8) is 0 Å². The molecule has 2 heterocycles. The minimum atomic E-state index is -4.82. The molecule has 7 atom stereocenters. The highest BCUT2D eigenvalue weighted by Gasteiger charge is 2.75. The highest BCUT2D eigenvalue weighted by molar-refractivity contribution is 6.24. The normalized spacial score (nSPS) is 23.6. The van der Waals surface area contributed by atoms with Crippen LogP contribution in [0.2, 0.25) is 0 Å². The van der Waals surface area contributed by atoms with Crippen molar-refractivity contribution in [2.24, 2.45) is 28.6 Å². The SMILES string of the molecule is CC(CCC(=O)NC=O)N1C(=O)c2cccc(NCCOCCOCCOCCOCCOCCNC3C4CC5CC6(CNc7nc(NCc8ccccc8OC(F)(F)F)ncc7C#N)CC3CC56C4)c2C1=O. The molecule has 7 unspecified atom stereocenters. The molecule has 4 aliphatic carbocycles. The highest BCUT2D eigenvalue weighted by Crippen LogP contribution is 2.81. The number of nitrogens with one attached hydrogen (secondary N) is 5. The first-order valence-electron chi connectivity index (χ1n) is 25.0. The minimum absolute atomic E-state index is 0.00158. The Morgan fingerprint density at radius 2 is 1.55 bits per heavy atom. The molecule has 1 aliphatic heterocycles. The van der Waals surface area contributed by atoms with Crippen LogP contribution in [0.4, 0.5) is 30.6 Å². The Labute approximate surface area is 421 Å². The maximum atomic E-state index is 13.2. The van der Waals surface area contributed by atoms with E-state index in [-0.39, 0.29) is 42.1 Å². The van der Waals surface area contributed by atoms with Crippen LogP contribution in [0.15, 0.2) is 48.7 Å². The lowest BCUT2D eigenvalue weighted by Gasteiger charge is -2.59. The Morgan fingerprint density at radius 3 is 2.25 bits per heavy atom. The molecule has 0 saturated heterocycles. The van der Waals surface area contributed by atoms with Crippen molar-refractivity contribution in [2.45, 2.75) is 76.9 Å². The van der Waals surface area contributed by atoms with Gasteiger partial charge in [0, 0.05) is 55.9 Å². The van der Waals surface area contributed by atoms with Crippen molar-refractivity contribution in [3.05, 3.63) is 70.9 Å². The molecule has 1 aromatic heterocycles. The van der Waals surface area contributed by atoms with Crippen molar-refractivity contribution in [3.8, 4) is 11.8 Å². The van der Waals surface area contributed by atoms with Gasteiger partial charge in [0.25, 0.3) is 11.8 Å². The third-order valence-corrected chi connectivity index (χ3v) is 15.2. The Hall–Kier alpha value is -5.96. The highest BCUT2D eigenvalue weighted by atomic mass is 19.4. The summed E-state index contributed by atoms with van der Waals surface area (Å²) >= 11 is 0. The summed E-state index contributed by atoms with van der Waals surface area (Å²) in [6.45, 7) is 7.89. The third kappa shape index (κ3) is 12.5. The molecule has 4 amide bonds. The molecule has 19 nitrogen and oxygen atoms in total. The molecule has 4 saturated carbocycles. The van der Waals surface area contributed by atoms with Gasteiger partial charge in [-0.1, -0.05) is 24.3 Å². The van der Waals surface area contributed by atoms with Gasteiger partial charge in [0.15, 0.2) is 0 Å². The lowest BCUT2D eigenvalue weighted by atomic mass is 9.46. The largest absolute Gasteiger partial charge is 0.573 e. The number of alkyl halides is 3. The molecule has 3 aromatic rings. The van der Waals surface area contributed by atoms with Gasteiger partial charge in [-0.05, 0) is 92.2 Å². The van der Waals surface area contributed by atoms with Crippen molar-refractivity contribution >= 4 is 41.6 Å². The van der Waals surface area contributed by atoms with Crippen LogP contribution < -0.4 is 31.3 Å². The van der Waals surface area contributed by atoms with Gasteiger partial charge in [-0.2, -0.15) is 10.2 Å². The van der Waals surface area contributed by atoms with Gasteiger partial charge in [0.1, 0.15) is 23.2 Å². The Morgan fingerprint density at radius 1 is 0.863 bits per heavy atom. The Kier molecular flexibility index (Phi) is 17.8. The predicted molar refractivity (Wildman–Crippen MR) is 258 cm³/mol. The van der Waals surface area contributed by atoms with Crippen molar-refractivity contribution in [1.82, 2.24) is 25.5 Å². The maximum Gasteiger partial charge on any atom is 0.573 e. The molecule has 0 radical (unpaired) electrons. The van der Waals surface area contributed by atoms with Crippen LogP contribution in [0, 0.1) is 39.9 Å². The van der Waals surface area contributed by atoms with Crippen molar-refractivity contribution in [2.75, 3.05) is 102 Å². The van der Waals surface area contributed by atoms with E-state index >= 15 is 0 Å². The van der Waals surface area contributed by atoms with Gasteiger partial charge >= 0.3 is 6.36 Å². The first-order valence-corrected chi connectivity index (χ1v) is 25.0. The van der Waals surface area contributed by atoms with Crippen LogP contribution in [0.1, 0.15) is 83.7 Å². The summed E-state index contributed by atoms with van der Waals surface area (Å²) in [4.78, 5) is 58.4. The average molecular weight is 1020 g/mol. The fourth-order valence-corrected chi connectivity index (χ4v) is 12.1. The number of carbonyl (C=O) groups is 4. The first-order chi connectivity index (χ1) is 35.3. The number of fused-ring (bicyclic) bond motifs is 3. The number of imide groups is 2. The zero-order valence-electron chi connectivity index (χ0n) is 40.9. The second-order valence-corrected chi connectivity index (χ2v) is 19.4. The molecular weight excluding hydrogens is 956 g/mol. The topological polar surface area (TPSA) is 237 Å². The summed E-state index contributed by atoms with van der Waals surface area (Å²) in [5.41, 5.74) is 2.12. The zero-order valence-corrected chi connectivity index (χ0v) is 40.9. The van der Waals surface area contributed by atoms with Crippen LogP contribution in [0.25, 0.3) is 0 Å². The molecule has 394 valence electrons. The Bertz CT molecular complexity index is 2460. The van der Waals surface area contributed by atoms with E-state index in [1.54, 1.807) is 31.2 Å². The number of amides is 4. The van der Waals surface area contributed by atoms with Gasteiger partial charge < -0.3 is 49.7 Å². The monoisotopic (exact) mass is 1020 g/mol. The number of anilines is 3. The molecule has 2 aromatic carbocycles. The molecule has 73 heavy (non-hydrogen) atoms. The van der Waals surface area contributed by atoms with Crippen molar-refractivity contribution < 1.29 is 60.8 Å². The quantitative estimate of drug-likeness (QED) is 0.0304. The second kappa shape index (κ2) is 24.4. The van der Waals surface area contributed by atoms with Gasteiger partial charge in [-0.3, -0.25) is 29.4 Å². The summed E-state index contributed by atoms with van der Waals surface area (Å²) < 4.78 is 71.5. The Balaban J connectivity index is 0.637. The average Bonchev–Trinajstić information content (AvgIpc) is 3.86. The second-order valence-electron chi connectivity index (χ2n) is 19.4. The fraction of sp³-hybridized carbons (Fsp3) is 0.588. The number of hydrogen-bond donors (Lipinski definition) is 5. The van der Waals surface area contributed by atoms with E-state index in [2.05, 4.69) is 47.4 Å². The molecular formula is C51H64F3N9O10. The number of para-hydroxylation sites is 1. The third-order valence-electron chi connectivity index (χ3n) is 15.2. The van der Waals surface area contributed by atoms with Gasteiger partial charge in [-0.25, -0.2) is 4.98 Å². The number of ether oxygens (including phenoxy) is 6. The summed E-state index contributed by atoms with van der Waals surface area (Å²) in [7, 11) is 0. The van der Waals surface area contributed by atoms with E-state index < -0.39 is 30.1 Å². The number of nitrogens with zero attached hydrogens (tertiary/aromatic N) is 4. The van der Waals surface area contributed by atoms with Crippen LogP contribution >= 0.6 is 0 Å². The predicted octanol–water partition coefficient (Wildman–Crippen LogP) is 5.29. The van der Waals surface area contributed by atoms with Crippen LogP contribution in [0.3, 0.4) is 0 Å². The van der Waals surface area contributed by atoms with E-state index in [1.807, 2.05) is 0 Å². The zero-order chi connectivity index (χ0) is 51.4. The standard InChI is InChI=1S/C51H64F3N9O10/c1-33(9-10-42(65)61-32-64)63-46(66)39-6-4-7-40(43(39)47(63)67)56-11-13-68-15-17-70-19-21-72-22-20-71-18-16-69-14-12-57-44-35-23-38-27-49(24-36(44)26-50(38,49)25-35)31-60-45-37(28-55)30-59-48(62-45)58-29-34-5-2-3-8-41(34)73-51(52,53)54/h2-8,30,32-33,35-36,38,44,56-57H,9-27,29,31H2,1H3,(H,61,64,65)(H2,58,59,60,62). The van der Waals surface area contributed by atoms with E-state index in [0.29, 0.717) is 143 Å². The molecule has 1 spiro atoms. The fourth-order valence-electron chi connectivity index (χ4n) is 12.1. The minimum Gasteiger partial charge on any atom is -0.405 e. The summed E-state index contributed by atoms with van der Waals surface area (Å²) in [6.07, 6.45) is 3.01. The number of carbonyl (C=O) groups excluding carboxylic acids is 4. The molecule has 3 bridgehead atoms. The van der Waals surface area contributed by atoms with Crippen LogP contribution in [-0.4, -0.2) is 143 Å². The summed E-state index contributed by atoms with van der Waals surface area (Å²) in [6, 6.07) is 13.0. The first kappa shape index (κ1) is 53.3. The number of rotatable bonds is 32. The van der Waals surface area contributed by atoms with E-state index in [0.717, 1.165) is 24.3 Å². The number of hydrogen-bond acceptors (Lipinski definition) is 17. The number of halogens is 3. The smallest absolute Gasteiger partial charge is 0.405 e. The summed E-state index contributed by atoms with van der Waals surface area (Å²) in [5, 5.41) is 25.5. The number of aromatic nitrogens is 2. The molecule has 22 heteroatoms. The lowest BCUT2D eigenvalue weighted by molar-refractivity contribution is -0.274. The maximum absolute atomic E-state index is 13.2. The number of benzene rings is 2. The molecule has 5 aliphatic rings. The number of nitriles is 1. The molecule has 4 fully saturated rings. The van der Waals surface area contributed by atoms with Gasteiger partial charge in [0.2, 0.25) is 18.3 Å². The van der Waals surface area contributed by atoms with Crippen molar-refractivity contribution in [1.29, 1.82) is 5.26 Å². The molecule has 8 rings (SSSR count). The van der Waals surface area contributed by atoms with E-state index in [1.165, 1.54) is 43.7 Å². The summed E-state index contributed by atoms with van der Waals surface area (Å²) in [5.74, 6) is 0.863. The van der Waals surface area contributed by atoms with Gasteiger partial charge in [0.05, 0.1) is 83.4 Å². The van der Waals surface area contributed by atoms with Crippen LogP contribution in [0.5, 0.6) is 5.75 Å². The lowest BCUT2D eigenvalue weighted by Crippen LogP contribution is -2.55. The van der Waals surface area contributed by atoms with E-state index in [4.69, 9.17) is 23.7 Å². The molecule has 5 N–H and O–H groups in total. The van der Waals surface area contributed by atoms with Crippen LogP contribution in [-0.2, 0) is 39.8 Å². The van der Waals surface area contributed by atoms with E-state index in [9.17, 15) is 37.6 Å². The van der Waals surface area contributed by atoms with Gasteiger partial charge in [-0.15, -0.1) is 13.2 Å².